The first-order valence-electron chi connectivity index (χ1n) is 7.79. The fraction of sp³-hybridized carbons (Fsp3) is 0.667. The van der Waals surface area contributed by atoms with Gasteiger partial charge in [0, 0.05) is 13.1 Å². The van der Waals surface area contributed by atoms with Crippen LogP contribution in [0.25, 0.3) is 0 Å². The Bertz CT molecular complexity index is 454. The summed E-state index contributed by atoms with van der Waals surface area (Å²) in [6.07, 6.45) is 4.07. The number of aryl methyl sites for hydroxylation is 2. The van der Waals surface area contributed by atoms with Crippen molar-refractivity contribution in [2.75, 3.05) is 6.54 Å². The molecule has 2 heteroatoms. The van der Waals surface area contributed by atoms with Crippen LogP contribution in [0.1, 0.15) is 56.2 Å². The molecule has 0 saturated heterocycles. The van der Waals surface area contributed by atoms with Gasteiger partial charge in [0.1, 0.15) is 0 Å². The zero-order valence-electron chi connectivity index (χ0n) is 13.4. The molecule has 1 aliphatic carbocycles. The first-order valence-corrected chi connectivity index (χ1v) is 7.79. The van der Waals surface area contributed by atoms with E-state index in [9.17, 15) is 5.11 Å². The summed E-state index contributed by atoms with van der Waals surface area (Å²) in [7, 11) is 0. The maximum absolute atomic E-state index is 10.6. The Kier molecular flexibility index (Phi) is 4.55. The van der Waals surface area contributed by atoms with Gasteiger partial charge in [0.25, 0.3) is 0 Å². The molecule has 1 saturated carbocycles. The Morgan fingerprint density at radius 1 is 1.05 bits per heavy atom. The van der Waals surface area contributed by atoms with E-state index < -0.39 is 5.60 Å². The van der Waals surface area contributed by atoms with Gasteiger partial charge in [-0.2, -0.15) is 0 Å². The average Bonchev–Trinajstić information content (AvgIpc) is 2.38. The predicted molar refractivity (Wildman–Crippen MR) is 84.8 cm³/mol. The molecule has 2 nitrogen and oxygen atoms in total. The van der Waals surface area contributed by atoms with Crippen LogP contribution in [0.4, 0.5) is 0 Å². The second-order valence-corrected chi connectivity index (χ2v) is 7.41. The van der Waals surface area contributed by atoms with Crippen LogP contribution in [-0.2, 0) is 6.54 Å². The van der Waals surface area contributed by atoms with E-state index in [4.69, 9.17) is 0 Å². The van der Waals surface area contributed by atoms with Crippen molar-refractivity contribution in [3.8, 4) is 0 Å². The van der Waals surface area contributed by atoms with Crippen LogP contribution in [0.15, 0.2) is 18.2 Å². The smallest absolute Gasteiger partial charge is 0.0772 e. The van der Waals surface area contributed by atoms with Crippen LogP contribution in [0.2, 0.25) is 0 Å². The van der Waals surface area contributed by atoms with E-state index in [1.165, 1.54) is 16.7 Å². The highest BCUT2D eigenvalue weighted by atomic mass is 16.3. The summed E-state index contributed by atoms with van der Waals surface area (Å²) in [5.41, 5.74) is 3.87. The van der Waals surface area contributed by atoms with Crippen molar-refractivity contribution >= 4 is 0 Å². The number of hydrogen-bond acceptors (Lipinski definition) is 2. The van der Waals surface area contributed by atoms with Gasteiger partial charge in [0.2, 0.25) is 0 Å². The lowest BCUT2D eigenvalue weighted by molar-refractivity contribution is -0.0245. The standard InChI is InChI=1S/C18H29NO/c1-14-5-6-16(11-15(14)2)12-19-13-18(20)9-7-17(3,4)8-10-18/h5-6,11,19-20H,7-10,12-13H2,1-4H3. The minimum Gasteiger partial charge on any atom is -0.389 e. The highest BCUT2D eigenvalue weighted by molar-refractivity contribution is 5.29. The normalized spacial score (nSPS) is 20.9. The minimum absolute atomic E-state index is 0.403. The Hall–Kier alpha value is -0.860. The van der Waals surface area contributed by atoms with Crippen molar-refractivity contribution in [3.05, 3.63) is 34.9 Å². The van der Waals surface area contributed by atoms with E-state index in [2.05, 4.69) is 51.2 Å². The first-order chi connectivity index (χ1) is 9.30. The van der Waals surface area contributed by atoms with E-state index >= 15 is 0 Å². The summed E-state index contributed by atoms with van der Waals surface area (Å²) in [4.78, 5) is 0. The lowest BCUT2D eigenvalue weighted by atomic mass is 9.71. The second-order valence-electron chi connectivity index (χ2n) is 7.41. The molecule has 1 aromatic rings. The molecular weight excluding hydrogens is 246 g/mol. The fourth-order valence-corrected chi connectivity index (χ4v) is 2.92. The van der Waals surface area contributed by atoms with E-state index in [1.54, 1.807) is 0 Å². The molecule has 1 fully saturated rings. The topological polar surface area (TPSA) is 32.3 Å². The largest absolute Gasteiger partial charge is 0.389 e. The van der Waals surface area contributed by atoms with Crippen molar-refractivity contribution in [3.63, 3.8) is 0 Å². The predicted octanol–water partition coefficient (Wildman–Crippen LogP) is 3.72. The maximum Gasteiger partial charge on any atom is 0.0772 e. The number of hydrogen-bond donors (Lipinski definition) is 2. The van der Waals surface area contributed by atoms with Gasteiger partial charge in [-0.05, 0) is 61.6 Å². The summed E-state index contributed by atoms with van der Waals surface area (Å²) < 4.78 is 0. The molecule has 0 amide bonds. The summed E-state index contributed by atoms with van der Waals surface area (Å²) in [5, 5.41) is 14.1. The van der Waals surface area contributed by atoms with Crippen LogP contribution >= 0.6 is 0 Å². The van der Waals surface area contributed by atoms with Gasteiger partial charge in [0.05, 0.1) is 5.60 Å². The van der Waals surface area contributed by atoms with Crippen molar-refractivity contribution in [2.24, 2.45) is 5.41 Å². The molecule has 0 radical (unpaired) electrons. The molecule has 0 spiro atoms. The monoisotopic (exact) mass is 275 g/mol. The number of rotatable bonds is 4. The van der Waals surface area contributed by atoms with Crippen LogP contribution in [0.5, 0.6) is 0 Å². The molecular formula is C18H29NO. The van der Waals surface area contributed by atoms with Gasteiger partial charge < -0.3 is 10.4 Å². The number of aliphatic hydroxyl groups is 1. The van der Waals surface area contributed by atoms with Crippen molar-refractivity contribution in [1.82, 2.24) is 5.32 Å². The zero-order chi connectivity index (χ0) is 14.8. The van der Waals surface area contributed by atoms with Crippen molar-refractivity contribution in [1.29, 1.82) is 0 Å². The van der Waals surface area contributed by atoms with Gasteiger partial charge in [-0.3, -0.25) is 0 Å². The molecule has 1 aromatic carbocycles. The third-order valence-corrected chi connectivity index (χ3v) is 4.89. The lowest BCUT2D eigenvalue weighted by Gasteiger charge is -2.40. The van der Waals surface area contributed by atoms with Crippen LogP contribution in [0, 0.1) is 19.3 Å². The Morgan fingerprint density at radius 2 is 1.70 bits per heavy atom. The summed E-state index contributed by atoms with van der Waals surface area (Å²) in [5.74, 6) is 0. The molecule has 2 rings (SSSR count). The molecule has 0 aromatic heterocycles. The summed E-state index contributed by atoms with van der Waals surface area (Å²) in [6, 6.07) is 6.57. The van der Waals surface area contributed by atoms with Gasteiger partial charge in [0.15, 0.2) is 0 Å². The van der Waals surface area contributed by atoms with E-state index in [-0.39, 0.29) is 0 Å². The molecule has 0 atom stereocenters. The van der Waals surface area contributed by atoms with Crippen molar-refractivity contribution in [2.45, 2.75) is 65.5 Å². The first kappa shape index (κ1) is 15.5. The van der Waals surface area contributed by atoms with E-state index in [0.29, 0.717) is 12.0 Å². The number of nitrogens with one attached hydrogen (secondary N) is 1. The molecule has 20 heavy (non-hydrogen) atoms. The molecule has 0 aliphatic heterocycles. The highest BCUT2D eigenvalue weighted by Gasteiger charge is 2.36. The molecule has 1 aliphatic rings. The lowest BCUT2D eigenvalue weighted by Crippen LogP contribution is -2.44. The molecule has 0 unspecified atom stereocenters. The summed E-state index contributed by atoms with van der Waals surface area (Å²) >= 11 is 0. The van der Waals surface area contributed by atoms with Gasteiger partial charge in [-0.25, -0.2) is 0 Å². The number of benzene rings is 1. The third-order valence-electron chi connectivity index (χ3n) is 4.89. The zero-order valence-corrected chi connectivity index (χ0v) is 13.4. The SMILES string of the molecule is Cc1ccc(CNCC2(O)CCC(C)(C)CC2)cc1C. The van der Waals surface area contributed by atoms with Gasteiger partial charge in [-0.15, -0.1) is 0 Å². The Labute approximate surface area is 123 Å². The quantitative estimate of drug-likeness (QED) is 0.877. The highest BCUT2D eigenvalue weighted by Crippen LogP contribution is 2.39. The van der Waals surface area contributed by atoms with Crippen molar-refractivity contribution < 1.29 is 5.11 Å². The van der Waals surface area contributed by atoms with Gasteiger partial charge in [-0.1, -0.05) is 32.0 Å². The van der Waals surface area contributed by atoms with Crippen LogP contribution in [0.3, 0.4) is 0 Å². The summed E-state index contributed by atoms with van der Waals surface area (Å²) in [6.45, 7) is 10.4. The Balaban J connectivity index is 1.82. The van der Waals surface area contributed by atoms with Gasteiger partial charge >= 0.3 is 0 Å². The second kappa shape index (κ2) is 5.87. The molecule has 0 bridgehead atoms. The average molecular weight is 275 g/mol. The maximum atomic E-state index is 10.6. The van der Waals surface area contributed by atoms with Crippen LogP contribution < -0.4 is 5.32 Å². The fourth-order valence-electron chi connectivity index (χ4n) is 2.92. The Morgan fingerprint density at radius 3 is 2.30 bits per heavy atom. The molecule has 0 heterocycles. The van der Waals surface area contributed by atoms with E-state index in [1.807, 2.05) is 0 Å². The van der Waals surface area contributed by atoms with E-state index in [0.717, 1.165) is 32.2 Å². The molecule has 2 N–H and O–H groups in total. The van der Waals surface area contributed by atoms with Crippen LogP contribution in [-0.4, -0.2) is 17.3 Å². The third kappa shape index (κ3) is 4.07. The minimum atomic E-state index is -0.505. The molecule has 112 valence electrons.